The second-order valence-corrected chi connectivity index (χ2v) is 6.33. The fourth-order valence-corrected chi connectivity index (χ4v) is 2.16. The third-order valence-electron chi connectivity index (χ3n) is 2.28. The van der Waals surface area contributed by atoms with Crippen molar-refractivity contribution < 1.29 is 19.0 Å². The normalized spacial score (nSPS) is 10.7. The van der Waals surface area contributed by atoms with Crippen LogP contribution in [0.3, 0.4) is 0 Å². The minimum absolute atomic E-state index is 0.0150. The van der Waals surface area contributed by atoms with E-state index in [0.717, 1.165) is 0 Å². The molecule has 102 valence electrons. The third-order valence-corrected chi connectivity index (χ3v) is 2.94. The second kappa shape index (κ2) is 6.04. The fourth-order valence-electron chi connectivity index (χ4n) is 1.52. The molecule has 2 aromatic carbocycles. The zero-order valence-electron chi connectivity index (χ0n) is 10.1. The molecule has 0 aliphatic heterocycles. The van der Waals surface area contributed by atoms with Crippen molar-refractivity contribution in [1.29, 1.82) is 5.26 Å². The quantitative estimate of drug-likeness (QED) is 0.845. The highest BCUT2D eigenvalue weighted by atomic mass is 32.5. The first-order valence-corrected chi connectivity index (χ1v) is 8.13. The number of hydrogen-bond donors (Lipinski definition) is 2. The highest BCUT2D eigenvalue weighted by Gasteiger charge is 2.18. The van der Waals surface area contributed by atoms with Crippen molar-refractivity contribution in [3.8, 4) is 23.3 Å². The van der Waals surface area contributed by atoms with Crippen molar-refractivity contribution in [2.24, 2.45) is 0 Å². The summed E-state index contributed by atoms with van der Waals surface area (Å²) in [4.78, 5) is 18.5. The van der Waals surface area contributed by atoms with E-state index in [0.29, 0.717) is 5.75 Å². The van der Waals surface area contributed by atoms with Gasteiger partial charge in [0.1, 0.15) is 11.8 Å². The van der Waals surface area contributed by atoms with E-state index in [4.69, 9.17) is 14.5 Å². The van der Waals surface area contributed by atoms with Crippen LogP contribution in [0.25, 0.3) is 0 Å². The van der Waals surface area contributed by atoms with Gasteiger partial charge >= 0.3 is 6.72 Å². The van der Waals surface area contributed by atoms with Crippen LogP contribution >= 0.6 is 6.72 Å². The first-order valence-electron chi connectivity index (χ1n) is 5.51. The molecule has 0 heterocycles. The van der Waals surface area contributed by atoms with Gasteiger partial charge in [0.15, 0.2) is 11.5 Å². The van der Waals surface area contributed by atoms with Gasteiger partial charge in [-0.2, -0.15) is 5.26 Å². The molecule has 0 spiro atoms. The van der Waals surface area contributed by atoms with Crippen molar-refractivity contribution in [1.82, 2.24) is 0 Å². The first kappa shape index (κ1) is 14.5. The Kier molecular flexibility index (Phi) is 4.38. The SMILES string of the molecule is N#Cc1cccc(OP(O)(O)=S)c1Oc1ccccc1. The summed E-state index contributed by atoms with van der Waals surface area (Å²) in [6.07, 6.45) is 0. The predicted molar refractivity (Wildman–Crippen MR) is 77.0 cm³/mol. The summed E-state index contributed by atoms with van der Waals surface area (Å²) >= 11 is 4.43. The Bertz CT molecular complexity index is 693. The Hall–Kier alpha value is -1.90. The maximum Gasteiger partial charge on any atom is 0.375 e. The van der Waals surface area contributed by atoms with Gasteiger partial charge in [0.05, 0.1) is 5.56 Å². The monoisotopic (exact) mass is 307 g/mol. The van der Waals surface area contributed by atoms with Crippen molar-refractivity contribution >= 4 is 18.5 Å². The Morgan fingerprint density at radius 2 is 1.75 bits per heavy atom. The molecule has 5 nitrogen and oxygen atoms in total. The molecule has 2 aromatic rings. The van der Waals surface area contributed by atoms with E-state index < -0.39 is 6.72 Å². The average molecular weight is 307 g/mol. The van der Waals surface area contributed by atoms with E-state index in [1.807, 2.05) is 12.1 Å². The van der Waals surface area contributed by atoms with E-state index in [-0.39, 0.29) is 17.1 Å². The predicted octanol–water partition coefficient (Wildman–Crippen LogP) is 2.94. The van der Waals surface area contributed by atoms with Gasteiger partial charge < -0.3 is 19.0 Å². The zero-order chi connectivity index (χ0) is 14.6. The van der Waals surface area contributed by atoms with Crippen LogP contribution in [0.15, 0.2) is 48.5 Å². The number of benzene rings is 2. The van der Waals surface area contributed by atoms with E-state index in [1.165, 1.54) is 18.2 Å². The van der Waals surface area contributed by atoms with Crippen LogP contribution in [0, 0.1) is 11.3 Å². The van der Waals surface area contributed by atoms with Crippen LogP contribution in [0.1, 0.15) is 5.56 Å². The topological polar surface area (TPSA) is 82.7 Å². The number of para-hydroxylation sites is 2. The summed E-state index contributed by atoms with van der Waals surface area (Å²) in [6, 6.07) is 15.2. The summed E-state index contributed by atoms with van der Waals surface area (Å²) in [5, 5.41) is 9.09. The van der Waals surface area contributed by atoms with Crippen molar-refractivity contribution in [2.75, 3.05) is 0 Å². The van der Waals surface area contributed by atoms with Crippen molar-refractivity contribution in [3.05, 3.63) is 54.1 Å². The molecule has 0 unspecified atom stereocenters. The molecule has 2 rings (SSSR count). The molecular weight excluding hydrogens is 297 g/mol. The molecule has 0 aromatic heterocycles. The van der Waals surface area contributed by atoms with Gasteiger partial charge in [-0.05, 0) is 24.3 Å². The van der Waals surface area contributed by atoms with Gasteiger partial charge in [-0.1, -0.05) is 24.3 Å². The van der Waals surface area contributed by atoms with E-state index in [2.05, 4.69) is 11.8 Å². The number of rotatable bonds is 4. The summed E-state index contributed by atoms with van der Waals surface area (Å²) in [5.74, 6) is 0.601. The molecule has 0 fully saturated rings. The zero-order valence-corrected chi connectivity index (χ0v) is 11.8. The van der Waals surface area contributed by atoms with Gasteiger partial charge in [0.25, 0.3) is 0 Å². The minimum Gasteiger partial charge on any atom is -0.452 e. The van der Waals surface area contributed by atoms with Crippen LogP contribution in [0.4, 0.5) is 0 Å². The Balaban J connectivity index is 2.44. The maximum atomic E-state index is 9.25. The Morgan fingerprint density at radius 1 is 1.05 bits per heavy atom. The molecule has 0 saturated heterocycles. The molecule has 20 heavy (non-hydrogen) atoms. The van der Waals surface area contributed by atoms with Crippen molar-refractivity contribution in [3.63, 3.8) is 0 Å². The molecule has 0 atom stereocenters. The molecule has 0 aliphatic carbocycles. The summed E-state index contributed by atoms with van der Waals surface area (Å²) in [7, 11) is 0. The lowest BCUT2D eigenvalue weighted by atomic mass is 10.2. The summed E-state index contributed by atoms with van der Waals surface area (Å²) < 4.78 is 10.5. The van der Waals surface area contributed by atoms with Crippen LogP contribution in [-0.4, -0.2) is 9.79 Å². The van der Waals surface area contributed by atoms with Gasteiger partial charge in [-0.3, -0.25) is 0 Å². The number of nitrogens with zero attached hydrogens (tertiary/aromatic N) is 1. The molecule has 0 saturated carbocycles. The highest BCUT2D eigenvalue weighted by Crippen LogP contribution is 2.44. The lowest BCUT2D eigenvalue weighted by molar-refractivity contribution is 0.359. The summed E-state index contributed by atoms with van der Waals surface area (Å²) in [5.41, 5.74) is 0.204. The molecule has 0 amide bonds. The van der Waals surface area contributed by atoms with Crippen LogP contribution in [0.2, 0.25) is 0 Å². The molecule has 0 aliphatic rings. The van der Waals surface area contributed by atoms with Crippen LogP contribution < -0.4 is 9.26 Å². The largest absolute Gasteiger partial charge is 0.452 e. The number of ether oxygens (including phenoxy) is 1. The van der Waals surface area contributed by atoms with Crippen molar-refractivity contribution in [2.45, 2.75) is 0 Å². The van der Waals surface area contributed by atoms with Crippen LogP contribution in [-0.2, 0) is 11.8 Å². The van der Waals surface area contributed by atoms with Gasteiger partial charge in [-0.15, -0.1) is 0 Å². The number of hydrogen-bond acceptors (Lipinski definition) is 4. The molecule has 7 heteroatoms. The highest BCUT2D eigenvalue weighted by molar-refractivity contribution is 8.06. The Labute approximate surface area is 120 Å². The average Bonchev–Trinajstić information content (AvgIpc) is 2.40. The molecule has 0 radical (unpaired) electrons. The second-order valence-electron chi connectivity index (χ2n) is 3.74. The molecule has 2 N–H and O–H groups in total. The smallest absolute Gasteiger partial charge is 0.375 e. The molecular formula is C13H10NO4PS. The first-order chi connectivity index (χ1) is 9.49. The Morgan fingerprint density at radius 3 is 2.35 bits per heavy atom. The van der Waals surface area contributed by atoms with E-state index >= 15 is 0 Å². The van der Waals surface area contributed by atoms with Gasteiger partial charge in [-0.25, -0.2) is 0 Å². The standard InChI is InChI=1S/C13H10NO4PS/c14-9-10-5-4-8-12(18-19(15,16)20)13(10)17-11-6-2-1-3-7-11/h1-8H,(H2,15,16,20). The lowest BCUT2D eigenvalue weighted by Crippen LogP contribution is -1.95. The van der Waals surface area contributed by atoms with Crippen LogP contribution in [0.5, 0.6) is 17.2 Å². The van der Waals surface area contributed by atoms with Gasteiger partial charge in [0, 0.05) is 11.8 Å². The van der Waals surface area contributed by atoms with Gasteiger partial charge in [0.2, 0.25) is 0 Å². The number of nitriles is 1. The van der Waals surface area contributed by atoms with E-state index in [9.17, 15) is 9.79 Å². The minimum atomic E-state index is -3.91. The fraction of sp³-hybridized carbons (Fsp3) is 0. The third kappa shape index (κ3) is 3.80. The maximum absolute atomic E-state index is 9.25. The molecule has 0 bridgehead atoms. The summed E-state index contributed by atoms with van der Waals surface area (Å²) in [6.45, 7) is -3.91. The van der Waals surface area contributed by atoms with E-state index in [1.54, 1.807) is 24.3 Å². The lowest BCUT2D eigenvalue weighted by Gasteiger charge is -2.15.